The van der Waals surface area contributed by atoms with Crippen LogP contribution in [0.15, 0.2) is 24.7 Å². The van der Waals surface area contributed by atoms with Gasteiger partial charge in [-0.3, -0.25) is 14.6 Å². The quantitative estimate of drug-likeness (QED) is 0.705. The highest BCUT2D eigenvalue weighted by Crippen LogP contribution is 2.18. The third-order valence-electron chi connectivity index (χ3n) is 2.92. The van der Waals surface area contributed by atoms with Crippen molar-refractivity contribution in [2.45, 2.75) is 32.0 Å². The number of amides is 1. The van der Waals surface area contributed by atoms with Crippen molar-refractivity contribution >= 4 is 11.6 Å². The molecule has 0 atom stereocenters. The number of carbonyl (C=O) groups excluding carboxylic acids is 1. The first-order valence-corrected chi connectivity index (χ1v) is 6.33. The summed E-state index contributed by atoms with van der Waals surface area (Å²) in [7, 11) is 0. The number of aromatic amines is 1. The van der Waals surface area contributed by atoms with E-state index >= 15 is 0 Å². The third kappa shape index (κ3) is 3.34. The highest BCUT2D eigenvalue weighted by atomic mass is 16.2. The summed E-state index contributed by atoms with van der Waals surface area (Å²) in [6.45, 7) is 0.919. The van der Waals surface area contributed by atoms with Crippen LogP contribution in [0, 0.1) is 0 Å². The predicted molar refractivity (Wildman–Crippen MR) is 69.3 cm³/mol. The van der Waals surface area contributed by atoms with E-state index in [1.165, 1.54) is 0 Å². The van der Waals surface area contributed by atoms with Crippen molar-refractivity contribution in [2.24, 2.45) is 0 Å². The monoisotopic (exact) mass is 260 g/mol. The smallest absolute Gasteiger partial charge is 0.241 e. The second-order valence-corrected chi connectivity index (χ2v) is 4.70. The van der Waals surface area contributed by atoms with Crippen molar-refractivity contribution in [3.63, 3.8) is 0 Å². The maximum atomic E-state index is 11.6. The van der Waals surface area contributed by atoms with E-state index in [-0.39, 0.29) is 12.5 Å². The molecule has 1 amide bonds. The van der Waals surface area contributed by atoms with Gasteiger partial charge in [-0.1, -0.05) is 0 Å². The molecule has 3 N–H and O–H groups in total. The molecule has 2 aromatic rings. The summed E-state index contributed by atoms with van der Waals surface area (Å²) in [5.41, 5.74) is 1.88. The largest absolute Gasteiger partial charge is 0.377 e. The fraction of sp³-hybridized carbons (Fsp3) is 0.417. The number of nitrogens with zero attached hydrogens (tertiary/aromatic N) is 3. The van der Waals surface area contributed by atoms with Gasteiger partial charge in [-0.05, 0) is 18.9 Å². The van der Waals surface area contributed by atoms with Crippen LogP contribution in [-0.4, -0.2) is 31.9 Å². The van der Waals surface area contributed by atoms with Gasteiger partial charge < -0.3 is 10.6 Å². The van der Waals surface area contributed by atoms with Crippen LogP contribution in [0.2, 0.25) is 0 Å². The Balaban J connectivity index is 1.49. The maximum Gasteiger partial charge on any atom is 0.241 e. The molecule has 19 heavy (non-hydrogen) atoms. The molecule has 100 valence electrons. The molecule has 3 rings (SSSR count). The van der Waals surface area contributed by atoms with Crippen LogP contribution in [0.1, 0.15) is 18.5 Å². The van der Waals surface area contributed by atoms with Crippen molar-refractivity contribution in [2.75, 3.05) is 5.32 Å². The molecule has 7 heteroatoms. The molecule has 0 aromatic carbocycles. The summed E-state index contributed by atoms with van der Waals surface area (Å²) >= 11 is 0. The summed E-state index contributed by atoms with van der Waals surface area (Å²) < 4.78 is 1.63. The molecular formula is C12H16N6O. The second-order valence-electron chi connectivity index (χ2n) is 4.70. The molecule has 2 aromatic heterocycles. The van der Waals surface area contributed by atoms with E-state index in [0.29, 0.717) is 12.6 Å². The number of hydrogen-bond acceptors (Lipinski definition) is 4. The lowest BCUT2D eigenvalue weighted by Gasteiger charge is -2.03. The average molecular weight is 260 g/mol. The highest BCUT2D eigenvalue weighted by Gasteiger charge is 2.23. The van der Waals surface area contributed by atoms with E-state index in [0.717, 1.165) is 24.2 Å². The number of nitrogens with one attached hydrogen (secondary N) is 3. The van der Waals surface area contributed by atoms with Crippen LogP contribution in [0.3, 0.4) is 0 Å². The minimum atomic E-state index is 0.0192. The van der Waals surface area contributed by atoms with Gasteiger partial charge in [-0.15, -0.1) is 0 Å². The van der Waals surface area contributed by atoms with Gasteiger partial charge in [0.2, 0.25) is 5.91 Å². The lowest BCUT2D eigenvalue weighted by atomic mass is 10.4. The Morgan fingerprint density at radius 2 is 2.42 bits per heavy atom. The Bertz CT molecular complexity index is 542. The first-order chi connectivity index (χ1) is 9.29. The van der Waals surface area contributed by atoms with Crippen molar-refractivity contribution in [1.82, 2.24) is 25.3 Å². The summed E-state index contributed by atoms with van der Waals surface area (Å²) in [4.78, 5) is 11.6. The van der Waals surface area contributed by atoms with Crippen molar-refractivity contribution in [1.29, 1.82) is 0 Å². The zero-order valence-electron chi connectivity index (χ0n) is 10.5. The molecule has 1 aliphatic carbocycles. The summed E-state index contributed by atoms with van der Waals surface area (Å²) in [5.74, 6) is 0.0192. The van der Waals surface area contributed by atoms with Gasteiger partial charge in [0.15, 0.2) is 0 Å². The molecule has 1 saturated carbocycles. The lowest BCUT2D eigenvalue weighted by Crippen LogP contribution is -2.29. The van der Waals surface area contributed by atoms with Gasteiger partial charge in [0.05, 0.1) is 24.1 Å². The molecule has 1 aliphatic rings. The van der Waals surface area contributed by atoms with E-state index in [4.69, 9.17) is 0 Å². The normalized spacial score (nSPS) is 14.3. The van der Waals surface area contributed by atoms with E-state index in [1.54, 1.807) is 17.1 Å². The Morgan fingerprint density at radius 3 is 3.16 bits per heavy atom. The zero-order valence-corrected chi connectivity index (χ0v) is 10.5. The average Bonchev–Trinajstić information content (AvgIpc) is 2.91. The third-order valence-corrected chi connectivity index (χ3v) is 2.92. The van der Waals surface area contributed by atoms with E-state index in [1.807, 2.05) is 12.3 Å². The number of carbonyl (C=O) groups is 1. The first kappa shape index (κ1) is 11.8. The topological polar surface area (TPSA) is 87.6 Å². The molecule has 7 nitrogen and oxygen atoms in total. The standard InChI is InChI=1S/C12H16N6O/c19-12(16-9-1-2-9)8-18-7-11(6-15-18)13-5-10-3-4-14-17-10/h3-4,6-7,9,13H,1-2,5,8H2,(H,14,17)(H,16,19). The lowest BCUT2D eigenvalue weighted by molar-refractivity contribution is -0.122. The molecular weight excluding hydrogens is 244 g/mol. The minimum Gasteiger partial charge on any atom is -0.377 e. The number of H-pyrrole nitrogens is 1. The summed E-state index contributed by atoms with van der Waals surface area (Å²) in [5, 5.41) is 17.0. The fourth-order valence-electron chi connectivity index (χ4n) is 1.77. The Hall–Kier alpha value is -2.31. The van der Waals surface area contributed by atoms with Gasteiger partial charge >= 0.3 is 0 Å². The molecule has 1 fully saturated rings. The van der Waals surface area contributed by atoms with Crippen LogP contribution in [0.5, 0.6) is 0 Å². The summed E-state index contributed by atoms with van der Waals surface area (Å²) in [6, 6.07) is 2.29. The molecule has 0 unspecified atom stereocenters. The molecule has 0 radical (unpaired) electrons. The van der Waals surface area contributed by atoms with E-state index in [2.05, 4.69) is 25.9 Å². The summed E-state index contributed by atoms with van der Waals surface area (Å²) in [6.07, 6.45) is 7.44. The van der Waals surface area contributed by atoms with Gasteiger partial charge in [0.25, 0.3) is 0 Å². The molecule has 0 bridgehead atoms. The van der Waals surface area contributed by atoms with Gasteiger partial charge in [0.1, 0.15) is 6.54 Å². The van der Waals surface area contributed by atoms with Crippen molar-refractivity contribution < 1.29 is 4.79 Å². The van der Waals surface area contributed by atoms with Gasteiger partial charge in [-0.2, -0.15) is 10.2 Å². The number of rotatable bonds is 6. The molecule has 2 heterocycles. The Morgan fingerprint density at radius 1 is 1.53 bits per heavy atom. The van der Waals surface area contributed by atoms with Crippen LogP contribution in [-0.2, 0) is 17.9 Å². The number of hydrogen-bond donors (Lipinski definition) is 3. The molecule has 0 aliphatic heterocycles. The van der Waals surface area contributed by atoms with Gasteiger partial charge in [0, 0.05) is 18.4 Å². The number of aromatic nitrogens is 4. The Kier molecular flexibility index (Phi) is 3.18. The first-order valence-electron chi connectivity index (χ1n) is 6.33. The van der Waals surface area contributed by atoms with Crippen LogP contribution in [0.25, 0.3) is 0 Å². The molecule has 0 saturated heterocycles. The maximum absolute atomic E-state index is 11.6. The van der Waals surface area contributed by atoms with Crippen molar-refractivity contribution in [3.8, 4) is 0 Å². The second kappa shape index (κ2) is 5.13. The molecule has 0 spiro atoms. The predicted octanol–water partition coefficient (Wildman–Crippen LogP) is 0.497. The minimum absolute atomic E-state index is 0.0192. The van der Waals surface area contributed by atoms with Crippen LogP contribution in [0.4, 0.5) is 5.69 Å². The SMILES string of the molecule is O=C(Cn1cc(NCc2ccn[nH]2)cn1)NC1CC1. The zero-order chi connectivity index (χ0) is 13.1. The van der Waals surface area contributed by atoms with Crippen LogP contribution >= 0.6 is 0 Å². The highest BCUT2D eigenvalue weighted by molar-refractivity contribution is 5.76. The van der Waals surface area contributed by atoms with Gasteiger partial charge in [-0.25, -0.2) is 0 Å². The Labute approximate surface area is 110 Å². The number of anilines is 1. The van der Waals surface area contributed by atoms with Crippen molar-refractivity contribution in [3.05, 3.63) is 30.4 Å². The van der Waals surface area contributed by atoms with E-state index in [9.17, 15) is 4.79 Å². The fourth-order valence-corrected chi connectivity index (χ4v) is 1.77. The van der Waals surface area contributed by atoms with Crippen LogP contribution < -0.4 is 10.6 Å². The van der Waals surface area contributed by atoms with E-state index < -0.39 is 0 Å².